The Hall–Kier alpha value is -3.24. The van der Waals surface area contributed by atoms with Gasteiger partial charge in [0.2, 0.25) is 0 Å². The molecule has 0 saturated heterocycles. The number of methoxy groups -OCH3 is 5. The summed E-state index contributed by atoms with van der Waals surface area (Å²) in [4.78, 5) is 29.0. The summed E-state index contributed by atoms with van der Waals surface area (Å²) in [6, 6.07) is 6.91. The summed E-state index contributed by atoms with van der Waals surface area (Å²) in [5.41, 5.74) is 0.941. The van der Waals surface area contributed by atoms with Crippen molar-refractivity contribution in [3.8, 4) is 34.1 Å². The van der Waals surface area contributed by atoms with E-state index in [0.717, 1.165) is 6.54 Å². The fourth-order valence-electron chi connectivity index (χ4n) is 4.19. The van der Waals surface area contributed by atoms with Crippen LogP contribution in [0.5, 0.6) is 23.0 Å². The third-order valence-corrected chi connectivity index (χ3v) is 6.45. The van der Waals surface area contributed by atoms with Crippen molar-refractivity contribution < 1.29 is 28.5 Å². The monoisotopic (exact) mass is 562 g/mol. The SMILES string of the molecule is COC(=O)c1c(-c2cc(Br)c(OC)c(OC)c2)c2cc(OC)c(OC)cc2c(=O)n1CCCN(C)C. The lowest BCUT2D eigenvalue weighted by Crippen LogP contribution is -2.29. The standard InChI is InChI=1S/C26H31BrN2O7/c1-28(2)9-8-10-29-23(26(31)36-7)22(15-11-18(27)24(35-6)21(12-15)34-5)16-13-19(32-3)20(33-4)14-17(16)25(29)30/h11-14H,8-10H2,1-7H3. The van der Waals surface area contributed by atoms with Crippen LogP contribution in [0, 0.1) is 0 Å². The zero-order chi connectivity index (χ0) is 26.6. The van der Waals surface area contributed by atoms with Gasteiger partial charge in [0.1, 0.15) is 5.69 Å². The molecule has 36 heavy (non-hydrogen) atoms. The van der Waals surface area contributed by atoms with Crippen LogP contribution in [0.4, 0.5) is 0 Å². The van der Waals surface area contributed by atoms with Gasteiger partial charge in [0.25, 0.3) is 5.56 Å². The molecule has 0 saturated carbocycles. The second-order valence-electron chi connectivity index (χ2n) is 8.28. The highest BCUT2D eigenvalue weighted by atomic mass is 79.9. The van der Waals surface area contributed by atoms with Crippen molar-refractivity contribution in [2.75, 3.05) is 56.2 Å². The minimum absolute atomic E-state index is 0.139. The van der Waals surface area contributed by atoms with Crippen molar-refractivity contribution >= 4 is 32.7 Å². The van der Waals surface area contributed by atoms with Crippen LogP contribution < -0.4 is 24.5 Å². The Labute approximate surface area is 218 Å². The molecule has 0 spiro atoms. The van der Waals surface area contributed by atoms with E-state index in [-0.39, 0.29) is 11.3 Å². The number of rotatable bonds is 10. The largest absolute Gasteiger partial charge is 0.493 e. The van der Waals surface area contributed by atoms with Gasteiger partial charge in [-0.3, -0.25) is 4.79 Å². The van der Waals surface area contributed by atoms with Crippen molar-refractivity contribution in [2.45, 2.75) is 13.0 Å². The van der Waals surface area contributed by atoms with Gasteiger partial charge >= 0.3 is 5.97 Å². The molecule has 0 N–H and O–H groups in total. The maximum Gasteiger partial charge on any atom is 0.355 e. The highest BCUT2D eigenvalue weighted by Gasteiger charge is 2.27. The number of halogens is 1. The van der Waals surface area contributed by atoms with Gasteiger partial charge in [-0.05, 0) is 72.8 Å². The number of benzene rings is 2. The Morgan fingerprint density at radius 3 is 2.03 bits per heavy atom. The molecule has 1 aromatic heterocycles. The van der Waals surface area contributed by atoms with Crippen molar-refractivity contribution in [3.05, 3.63) is 44.8 Å². The molecule has 10 heteroatoms. The predicted octanol–water partition coefficient (Wildman–Crippen LogP) is 4.20. The Balaban J connectivity index is 2.53. The smallest absolute Gasteiger partial charge is 0.355 e. The summed E-state index contributed by atoms with van der Waals surface area (Å²) < 4.78 is 29.3. The topological polar surface area (TPSA) is 88.5 Å². The summed E-state index contributed by atoms with van der Waals surface area (Å²) in [5.74, 6) is 1.16. The van der Waals surface area contributed by atoms with Gasteiger partial charge in [0.05, 0.1) is 45.4 Å². The van der Waals surface area contributed by atoms with E-state index in [9.17, 15) is 9.59 Å². The van der Waals surface area contributed by atoms with E-state index in [1.54, 1.807) is 25.3 Å². The number of fused-ring (bicyclic) bond motifs is 1. The van der Waals surface area contributed by atoms with E-state index in [4.69, 9.17) is 23.7 Å². The molecule has 0 atom stereocenters. The van der Waals surface area contributed by atoms with Crippen molar-refractivity contribution in [1.29, 1.82) is 0 Å². The molecule has 194 valence electrons. The maximum absolute atomic E-state index is 13.8. The van der Waals surface area contributed by atoms with Crippen LogP contribution in [0.15, 0.2) is 33.5 Å². The zero-order valence-electron chi connectivity index (χ0n) is 21.6. The fourth-order valence-corrected chi connectivity index (χ4v) is 4.80. The number of hydrogen-bond donors (Lipinski definition) is 0. The van der Waals surface area contributed by atoms with E-state index >= 15 is 0 Å². The van der Waals surface area contributed by atoms with Crippen LogP contribution in [0.2, 0.25) is 0 Å². The molecule has 9 nitrogen and oxygen atoms in total. The van der Waals surface area contributed by atoms with Crippen LogP contribution >= 0.6 is 15.9 Å². The van der Waals surface area contributed by atoms with Crippen LogP contribution in [0.1, 0.15) is 16.9 Å². The Kier molecular flexibility index (Phi) is 8.86. The minimum Gasteiger partial charge on any atom is -0.493 e. The second kappa shape index (κ2) is 11.7. The summed E-state index contributed by atoms with van der Waals surface area (Å²) in [6.07, 6.45) is 0.644. The van der Waals surface area contributed by atoms with Gasteiger partial charge in [-0.2, -0.15) is 0 Å². The van der Waals surface area contributed by atoms with Gasteiger partial charge in [0, 0.05) is 17.5 Å². The highest BCUT2D eigenvalue weighted by Crippen LogP contribution is 2.43. The molecule has 0 aliphatic rings. The summed E-state index contributed by atoms with van der Waals surface area (Å²) in [5, 5.41) is 0.895. The van der Waals surface area contributed by atoms with Crippen LogP contribution in [0.3, 0.4) is 0 Å². The Morgan fingerprint density at radius 2 is 1.50 bits per heavy atom. The molecule has 3 aromatic rings. The molecule has 0 aliphatic carbocycles. The normalized spacial score (nSPS) is 11.0. The Morgan fingerprint density at radius 1 is 0.889 bits per heavy atom. The lowest BCUT2D eigenvalue weighted by molar-refractivity contribution is 0.0587. The summed E-state index contributed by atoms with van der Waals surface area (Å²) in [6.45, 7) is 1.04. The zero-order valence-corrected chi connectivity index (χ0v) is 23.1. The van der Waals surface area contributed by atoms with E-state index in [2.05, 4.69) is 15.9 Å². The van der Waals surface area contributed by atoms with Crippen molar-refractivity contribution in [2.24, 2.45) is 0 Å². The van der Waals surface area contributed by atoms with Crippen molar-refractivity contribution in [3.63, 3.8) is 0 Å². The fraction of sp³-hybridized carbons (Fsp3) is 0.385. The van der Waals surface area contributed by atoms with Gasteiger partial charge in [-0.15, -0.1) is 0 Å². The minimum atomic E-state index is -0.630. The first kappa shape index (κ1) is 27.3. The number of carbonyl (C=O) groups is 1. The number of aromatic nitrogens is 1. The number of ether oxygens (including phenoxy) is 5. The average Bonchev–Trinajstić information content (AvgIpc) is 2.87. The number of carbonyl (C=O) groups excluding carboxylic acids is 1. The number of hydrogen-bond acceptors (Lipinski definition) is 8. The van der Waals surface area contributed by atoms with Crippen molar-refractivity contribution in [1.82, 2.24) is 9.47 Å². The molecule has 0 fully saturated rings. The van der Waals surface area contributed by atoms with E-state index in [1.807, 2.05) is 25.1 Å². The quantitative estimate of drug-likeness (QED) is 0.339. The molecule has 0 amide bonds. The molecule has 3 rings (SSSR count). The van der Waals surface area contributed by atoms with E-state index < -0.39 is 5.97 Å². The van der Waals surface area contributed by atoms with Crippen LogP contribution in [0.25, 0.3) is 21.9 Å². The first-order valence-corrected chi connectivity index (χ1v) is 12.0. The summed E-state index contributed by atoms with van der Waals surface area (Å²) >= 11 is 3.54. The van der Waals surface area contributed by atoms with Crippen LogP contribution in [-0.4, -0.2) is 71.6 Å². The maximum atomic E-state index is 13.8. The molecule has 0 radical (unpaired) electrons. The van der Waals surface area contributed by atoms with Gasteiger partial charge in [-0.25, -0.2) is 4.79 Å². The average molecular weight is 563 g/mol. The third-order valence-electron chi connectivity index (χ3n) is 5.86. The predicted molar refractivity (Wildman–Crippen MR) is 142 cm³/mol. The number of nitrogens with zero attached hydrogens (tertiary/aromatic N) is 2. The van der Waals surface area contributed by atoms with Crippen LogP contribution in [-0.2, 0) is 11.3 Å². The molecule has 0 unspecified atom stereocenters. The highest BCUT2D eigenvalue weighted by molar-refractivity contribution is 9.10. The first-order valence-electron chi connectivity index (χ1n) is 11.2. The molecule has 0 bridgehead atoms. The molecule has 2 aromatic carbocycles. The lowest BCUT2D eigenvalue weighted by atomic mass is 9.95. The van der Waals surface area contributed by atoms with Gasteiger partial charge < -0.3 is 33.2 Å². The van der Waals surface area contributed by atoms with Gasteiger partial charge in [-0.1, -0.05) is 0 Å². The lowest BCUT2D eigenvalue weighted by Gasteiger charge is -2.21. The van der Waals surface area contributed by atoms with Gasteiger partial charge in [0.15, 0.2) is 23.0 Å². The molecule has 1 heterocycles. The molecular weight excluding hydrogens is 532 g/mol. The third kappa shape index (κ3) is 5.15. The first-order chi connectivity index (χ1) is 17.2. The van der Waals surface area contributed by atoms with E-state index in [1.165, 1.54) is 33.0 Å². The molecule has 0 aliphatic heterocycles. The summed E-state index contributed by atoms with van der Waals surface area (Å²) in [7, 11) is 11.3. The number of pyridine rings is 1. The van der Waals surface area contributed by atoms with E-state index in [0.29, 0.717) is 62.3 Å². The second-order valence-corrected chi connectivity index (χ2v) is 9.13. The Bertz CT molecular complexity index is 1330. The number of esters is 1. The molecular formula is C26H31BrN2O7.